The van der Waals surface area contributed by atoms with Crippen LogP contribution in [0.1, 0.15) is 28.5 Å². The van der Waals surface area contributed by atoms with Crippen molar-refractivity contribution in [3.8, 4) is 0 Å². The van der Waals surface area contributed by atoms with Gasteiger partial charge in [0.1, 0.15) is 5.76 Å². The smallest absolute Gasteiger partial charge is 0.416 e. The summed E-state index contributed by atoms with van der Waals surface area (Å²) in [5.41, 5.74) is 0.331. The number of hydrogen-bond acceptors (Lipinski definition) is 2. The van der Waals surface area contributed by atoms with Crippen molar-refractivity contribution in [2.45, 2.75) is 19.1 Å². The second-order valence-electron chi connectivity index (χ2n) is 4.27. The van der Waals surface area contributed by atoms with Gasteiger partial charge in [0, 0.05) is 0 Å². The van der Waals surface area contributed by atoms with Gasteiger partial charge in [0.15, 0.2) is 0 Å². The van der Waals surface area contributed by atoms with E-state index in [9.17, 15) is 13.2 Å². The summed E-state index contributed by atoms with van der Waals surface area (Å²) in [4.78, 5) is 0. The van der Waals surface area contributed by atoms with E-state index in [2.05, 4.69) is 5.32 Å². The molecular formula is C14H14F3NO. The third-order valence-corrected chi connectivity index (χ3v) is 3.03. The van der Waals surface area contributed by atoms with E-state index in [-0.39, 0.29) is 5.56 Å². The quantitative estimate of drug-likeness (QED) is 0.913. The van der Waals surface area contributed by atoms with Crippen LogP contribution in [-0.2, 0) is 6.18 Å². The van der Waals surface area contributed by atoms with Crippen LogP contribution < -0.4 is 5.32 Å². The molecule has 5 heteroatoms. The normalized spacial score (nSPS) is 13.5. The van der Waals surface area contributed by atoms with Gasteiger partial charge >= 0.3 is 6.18 Å². The molecule has 1 aromatic heterocycles. The van der Waals surface area contributed by atoms with Gasteiger partial charge in [-0.3, -0.25) is 0 Å². The molecule has 0 bridgehead atoms. The van der Waals surface area contributed by atoms with E-state index in [4.69, 9.17) is 4.42 Å². The molecule has 0 aliphatic rings. The highest BCUT2D eigenvalue weighted by molar-refractivity contribution is 5.38. The van der Waals surface area contributed by atoms with Gasteiger partial charge in [-0.05, 0) is 37.2 Å². The average molecular weight is 269 g/mol. The third-order valence-electron chi connectivity index (χ3n) is 3.03. The average Bonchev–Trinajstić information content (AvgIpc) is 2.76. The SMILES string of the molecule is CNC(c1ccccc1C(F)(F)F)c1occc1C. The maximum Gasteiger partial charge on any atom is 0.416 e. The van der Waals surface area contributed by atoms with E-state index in [1.807, 2.05) is 0 Å². The number of halogens is 3. The zero-order valence-corrected chi connectivity index (χ0v) is 10.6. The summed E-state index contributed by atoms with van der Waals surface area (Å²) < 4.78 is 44.4. The Morgan fingerprint density at radius 1 is 1.16 bits per heavy atom. The summed E-state index contributed by atoms with van der Waals surface area (Å²) in [6.45, 7) is 1.80. The van der Waals surface area contributed by atoms with Gasteiger partial charge < -0.3 is 9.73 Å². The zero-order valence-electron chi connectivity index (χ0n) is 10.6. The second kappa shape index (κ2) is 5.09. The topological polar surface area (TPSA) is 25.2 Å². The van der Waals surface area contributed by atoms with Crippen LogP contribution in [0.25, 0.3) is 0 Å². The molecule has 0 spiro atoms. The lowest BCUT2D eigenvalue weighted by Gasteiger charge is -2.20. The Kier molecular flexibility index (Phi) is 3.66. The summed E-state index contributed by atoms with van der Waals surface area (Å²) in [5, 5.41) is 2.88. The van der Waals surface area contributed by atoms with Gasteiger partial charge in [-0.15, -0.1) is 0 Å². The van der Waals surface area contributed by atoms with Gasteiger partial charge in [-0.25, -0.2) is 0 Å². The molecule has 0 radical (unpaired) electrons. The van der Waals surface area contributed by atoms with Crippen molar-refractivity contribution in [3.05, 3.63) is 59.0 Å². The monoisotopic (exact) mass is 269 g/mol. The largest absolute Gasteiger partial charge is 0.467 e. The highest BCUT2D eigenvalue weighted by Crippen LogP contribution is 2.37. The number of benzene rings is 1. The number of aryl methyl sites for hydroxylation is 1. The standard InChI is InChI=1S/C14H14F3NO/c1-9-7-8-19-13(9)12(18-2)10-5-3-4-6-11(10)14(15,16)17/h3-8,12,18H,1-2H3. The number of hydrogen-bond donors (Lipinski definition) is 1. The summed E-state index contributed by atoms with van der Waals surface area (Å²) >= 11 is 0. The van der Waals surface area contributed by atoms with E-state index in [1.54, 1.807) is 26.1 Å². The molecule has 0 saturated carbocycles. The molecule has 0 fully saturated rings. The predicted molar refractivity (Wildman–Crippen MR) is 65.8 cm³/mol. The highest BCUT2D eigenvalue weighted by atomic mass is 19.4. The van der Waals surface area contributed by atoms with E-state index in [1.165, 1.54) is 18.4 Å². The summed E-state index contributed by atoms with van der Waals surface area (Å²) in [6.07, 6.45) is -2.91. The van der Waals surface area contributed by atoms with Gasteiger partial charge in [0.05, 0.1) is 17.9 Å². The summed E-state index contributed by atoms with van der Waals surface area (Å²) in [7, 11) is 1.61. The molecule has 2 rings (SSSR count). The summed E-state index contributed by atoms with van der Waals surface area (Å²) in [6, 6.07) is 6.63. The predicted octanol–water partition coefficient (Wildman–Crippen LogP) is 3.92. The van der Waals surface area contributed by atoms with Crippen LogP contribution >= 0.6 is 0 Å². The molecule has 1 unspecified atom stereocenters. The Labute approximate surface area is 109 Å². The van der Waals surface area contributed by atoms with Crippen LogP contribution in [0.15, 0.2) is 41.0 Å². The fraction of sp³-hybridized carbons (Fsp3) is 0.286. The van der Waals surface area contributed by atoms with Gasteiger partial charge in [-0.2, -0.15) is 13.2 Å². The lowest BCUT2D eigenvalue weighted by molar-refractivity contribution is -0.138. The van der Waals surface area contributed by atoms with Crippen LogP contribution in [-0.4, -0.2) is 7.05 Å². The Hall–Kier alpha value is -1.75. The lowest BCUT2D eigenvalue weighted by Crippen LogP contribution is -2.22. The van der Waals surface area contributed by atoms with Crippen molar-refractivity contribution >= 4 is 0 Å². The molecule has 0 aliphatic carbocycles. The number of nitrogens with one attached hydrogen (secondary N) is 1. The highest BCUT2D eigenvalue weighted by Gasteiger charge is 2.35. The minimum Gasteiger partial charge on any atom is -0.467 e. The molecule has 19 heavy (non-hydrogen) atoms. The fourth-order valence-electron chi connectivity index (χ4n) is 2.11. The zero-order chi connectivity index (χ0) is 14.0. The Bertz CT molecular complexity index is 560. The van der Waals surface area contributed by atoms with Crippen LogP contribution in [0.3, 0.4) is 0 Å². The molecule has 2 nitrogen and oxygen atoms in total. The molecule has 0 saturated heterocycles. The molecule has 1 atom stereocenters. The second-order valence-corrected chi connectivity index (χ2v) is 4.27. The van der Waals surface area contributed by atoms with Gasteiger partial charge in [-0.1, -0.05) is 18.2 Å². The molecule has 102 valence electrons. The first-order valence-electron chi connectivity index (χ1n) is 5.82. The molecule has 0 aliphatic heterocycles. The first-order chi connectivity index (χ1) is 8.95. The van der Waals surface area contributed by atoms with Crippen molar-refractivity contribution in [2.24, 2.45) is 0 Å². The van der Waals surface area contributed by atoms with Gasteiger partial charge in [0.2, 0.25) is 0 Å². The molecule has 1 heterocycles. The molecule has 1 aromatic carbocycles. The van der Waals surface area contributed by atoms with Crippen molar-refractivity contribution in [1.29, 1.82) is 0 Å². The van der Waals surface area contributed by atoms with Crippen LogP contribution in [0.5, 0.6) is 0 Å². The Morgan fingerprint density at radius 2 is 1.84 bits per heavy atom. The molecular weight excluding hydrogens is 255 g/mol. The first-order valence-corrected chi connectivity index (χ1v) is 5.82. The minimum absolute atomic E-state index is 0.163. The minimum atomic E-state index is -4.38. The lowest BCUT2D eigenvalue weighted by atomic mass is 9.96. The van der Waals surface area contributed by atoms with Crippen molar-refractivity contribution in [2.75, 3.05) is 7.05 Å². The van der Waals surface area contributed by atoms with E-state index in [0.29, 0.717) is 5.76 Å². The fourth-order valence-corrected chi connectivity index (χ4v) is 2.11. The van der Waals surface area contributed by atoms with Crippen molar-refractivity contribution < 1.29 is 17.6 Å². The molecule has 2 aromatic rings. The third kappa shape index (κ3) is 2.66. The number of rotatable bonds is 3. The summed E-state index contributed by atoms with van der Waals surface area (Å²) in [5.74, 6) is 0.499. The van der Waals surface area contributed by atoms with Crippen LogP contribution in [0, 0.1) is 6.92 Å². The Balaban J connectivity index is 2.54. The van der Waals surface area contributed by atoms with Gasteiger partial charge in [0.25, 0.3) is 0 Å². The van der Waals surface area contributed by atoms with Crippen LogP contribution in [0.4, 0.5) is 13.2 Å². The van der Waals surface area contributed by atoms with Crippen molar-refractivity contribution in [1.82, 2.24) is 5.32 Å². The van der Waals surface area contributed by atoms with E-state index in [0.717, 1.165) is 11.6 Å². The van der Waals surface area contributed by atoms with E-state index >= 15 is 0 Å². The maximum atomic E-state index is 13.0. The maximum absolute atomic E-state index is 13.0. The Morgan fingerprint density at radius 3 is 2.37 bits per heavy atom. The first kappa shape index (κ1) is 13.7. The molecule has 1 N–H and O–H groups in total. The molecule has 0 amide bonds. The van der Waals surface area contributed by atoms with E-state index < -0.39 is 17.8 Å². The number of furan rings is 1. The number of alkyl halides is 3. The van der Waals surface area contributed by atoms with Crippen LogP contribution in [0.2, 0.25) is 0 Å². The van der Waals surface area contributed by atoms with Crippen molar-refractivity contribution in [3.63, 3.8) is 0 Å².